The number of benzene rings is 1. The van der Waals surface area contributed by atoms with Gasteiger partial charge in [0.05, 0.1) is 10.5 Å². The predicted octanol–water partition coefficient (Wildman–Crippen LogP) is 2.36. The van der Waals surface area contributed by atoms with Gasteiger partial charge in [0.1, 0.15) is 0 Å². The van der Waals surface area contributed by atoms with Gasteiger partial charge in [-0.15, -0.1) is 0 Å². The third kappa shape index (κ3) is 4.84. The Bertz CT molecular complexity index is 799. The van der Waals surface area contributed by atoms with E-state index < -0.39 is 21.8 Å². The van der Waals surface area contributed by atoms with Gasteiger partial charge in [-0.05, 0) is 37.0 Å². The Kier molecular flexibility index (Phi) is 6.31. The summed E-state index contributed by atoms with van der Waals surface area (Å²) in [6.07, 6.45) is -2.50. The van der Waals surface area contributed by atoms with E-state index >= 15 is 0 Å². The quantitative estimate of drug-likeness (QED) is 0.750. The average Bonchev–Trinajstić information content (AvgIpc) is 2.68. The van der Waals surface area contributed by atoms with Gasteiger partial charge in [-0.2, -0.15) is 17.5 Å². The molecule has 1 aromatic carbocycles. The zero-order chi connectivity index (χ0) is 20.4. The Balaban J connectivity index is 1.61. The van der Waals surface area contributed by atoms with Crippen molar-refractivity contribution in [3.63, 3.8) is 0 Å². The average molecular weight is 420 g/mol. The minimum absolute atomic E-state index is 0.0111. The number of sulfonamides is 1. The second-order valence-corrected chi connectivity index (χ2v) is 9.01. The van der Waals surface area contributed by atoms with Crippen LogP contribution in [-0.2, 0) is 25.7 Å². The maximum Gasteiger partial charge on any atom is 0.416 e. The molecule has 2 fully saturated rings. The molecule has 156 valence electrons. The number of nitrogens with zero attached hydrogens (tertiary/aromatic N) is 2. The Hall–Kier alpha value is -1.65. The highest BCUT2D eigenvalue weighted by Crippen LogP contribution is 2.31. The molecule has 2 heterocycles. The van der Waals surface area contributed by atoms with Gasteiger partial charge in [-0.3, -0.25) is 4.79 Å². The normalized spacial score (nSPS) is 20.3. The van der Waals surface area contributed by atoms with Crippen molar-refractivity contribution >= 4 is 15.9 Å². The van der Waals surface area contributed by atoms with E-state index in [9.17, 15) is 26.4 Å². The lowest BCUT2D eigenvalue weighted by molar-refractivity contribution is -0.138. The highest BCUT2D eigenvalue weighted by molar-refractivity contribution is 7.89. The molecule has 6 nitrogen and oxygen atoms in total. The summed E-state index contributed by atoms with van der Waals surface area (Å²) in [4.78, 5) is 13.7. The zero-order valence-corrected chi connectivity index (χ0v) is 16.1. The number of rotatable bonds is 4. The largest absolute Gasteiger partial charge is 0.416 e. The monoisotopic (exact) mass is 420 g/mol. The van der Waals surface area contributed by atoms with Crippen LogP contribution in [0.2, 0.25) is 0 Å². The first-order valence-electron chi connectivity index (χ1n) is 9.21. The van der Waals surface area contributed by atoms with Crippen molar-refractivity contribution in [1.29, 1.82) is 0 Å². The van der Waals surface area contributed by atoms with Crippen molar-refractivity contribution in [2.75, 3.05) is 39.4 Å². The van der Waals surface area contributed by atoms with E-state index in [0.717, 1.165) is 35.3 Å². The van der Waals surface area contributed by atoms with Gasteiger partial charge in [0.15, 0.2) is 0 Å². The second-order valence-electron chi connectivity index (χ2n) is 7.07. The van der Waals surface area contributed by atoms with E-state index in [0.29, 0.717) is 25.7 Å². The minimum Gasteiger partial charge on any atom is -0.381 e. The van der Waals surface area contributed by atoms with Crippen LogP contribution in [-0.4, -0.2) is 62.9 Å². The summed E-state index contributed by atoms with van der Waals surface area (Å²) < 4.78 is 70.4. The highest BCUT2D eigenvalue weighted by atomic mass is 32.2. The van der Waals surface area contributed by atoms with Crippen LogP contribution in [0.15, 0.2) is 29.2 Å². The first-order chi connectivity index (χ1) is 13.2. The number of halogens is 3. The lowest BCUT2D eigenvalue weighted by Crippen LogP contribution is -2.50. The molecule has 0 saturated carbocycles. The van der Waals surface area contributed by atoms with E-state index in [1.807, 2.05) is 0 Å². The molecule has 0 radical (unpaired) electrons. The molecule has 1 amide bonds. The molecule has 28 heavy (non-hydrogen) atoms. The van der Waals surface area contributed by atoms with Gasteiger partial charge in [0.25, 0.3) is 0 Å². The highest BCUT2D eigenvalue weighted by Gasteiger charge is 2.34. The van der Waals surface area contributed by atoms with Gasteiger partial charge in [-0.1, -0.05) is 6.07 Å². The molecular formula is C18H23F3N2O4S. The summed E-state index contributed by atoms with van der Waals surface area (Å²) in [6.45, 7) is 1.92. The van der Waals surface area contributed by atoms with Crippen LogP contribution >= 0.6 is 0 Å². The fourth-order valence-electron chi connectivity index (χ4n) is 3.49. The summed E-state index contributed by atoms with van der Waals surface area (Å²) in [6, 6.07) is 3.74. The molecule has 0 unspecified atom stereocenters. The molecule has 0 aromatic heterocycles. The number of amides is 1. The van der Waals surface area contributed by atoms with Gasteiger partial charge >= 0.3 is 6.18 Å². The molecule has 10 heteroatoms. The third-order valence-electron chi connectivity index (χ3n) is 5.19. The Morgan fingerprint density at radius 3 is 2.36 bits per heavy atom. The molecule has 2 aliphatic heterocycles. The Morgan fingerprint density at radius 2 is 1.75 bits per heavy atom. The SMILES string of the molecule is O=C(CC1CCOCC1)N1CCN(S(=O)(=O)c2cccc(C(F)(F)F)c2)CC1. The van der Waals surface area contributed by atoms with Crippen LogP contribution < -0.4 is 0 Å². The van der Waals surface area contributed by atoms with E-state index in [4.69, 9.17) is 4.74 Å². The van der Waals surface area contributed by atoms with E-state index in [1.54, 1.807) is 4.90 Å². The second kappa shape index (κ2) is 8.38. The minimum atomic E-state index is -4.61. The Morgan fingerprint density at radius 1 is 1.11 bits per heavy atom. The maximum absolute atomic E-state index is 12.9. The van der Waals surface area contributed by atoms with Crippen molar-refractivity contribution in [1.82, 2.24) is 9.21 Å². The number of alkyl halides is 3. The number of hydrogen-bond donors (Lipinski definition) is 0. The lowest BCUT2D eigenvalue weighted by atomic mass is 9.96. The van der Waals surface area contributed by atoms with E-state index in [-0.39, 0.29) is 42.9 Å². The van der Waals surface area contributed by atoms with Crippen LogP contribution in [0.4, 0.5) is 13.2 Å². The standard InChI is InChI=1S/C18H23F3N2O4S/c19-18(20,21)15-2-1-3-16(13-15)28(25,26)23-8-6-22(7-9-23)17(24)12-14-4-10-27-11-5-14/h1-3,13-14H,4-12H2. The fraction of sp³-hybridized carbons (Fsp3) is 0.611. The van der Waals surface area contributed by atoms with E-state index in [2.05, 4.69) is 0 Å². The molecular weight excluding hydrogens is 397 g/mol. The third-order valence-corrected chi connectivity index (χ3v) is 7.09. The molecule has 1 aromatic rings. The van der Waals surface area contributed by atoms with Gasteiger partial charge < -0.3 is 9.64 Å². The number of ether oxygens (including phenoxy) is 1. The van der Waals surface area contributed by atoms with Crippen molar-refractivity contribution in [3.8, 4) is 0 Å². The van der Waals surface area contributed by atoms with Gasteiger partial charge in [0.2, 0.25) is 15.9 Å². The van der Waals surface area contributed by atoms with E-state index in [1.165, 1.54) is 0 Å². The summed E-state index contributed by atoms with van der Waals surface area (Å²) in [5.74, 6) is 0.274. The first kappa shape index (κ1) is 21.1. The van der Waals surface area contributed by atoms with Crippen molar-refractivity contribution in [2.24, 2.45) is 5.92 Å². The number of carbonyl (C=O) groups is 1. The van der Waals surface area contributed by atoms with Crippen LogP contribution in [0, 0.1) is 5.92 Å². The smallest absolute Gasteiger partial charge is 0.381 e. The summed E-state index contributed by atoms with van der Waals surface area (Å²) in [5, 5.41) is 0. The van der Waals surface area contributed by atoms with Gasteiger partial charge in [-0.25, -0.2) is 8.42 Å². The summed E-state index contributed by atoms with van der Waals surface area (Å²) in [5.41, 5.74) is -1.00. The van der Waals surface area contributed by atoms with Crippen molar-refractivity contribution in [2.45, 2.75) is 30.3 Å². The molecule has 0 bridgehead atoms. The zero-order valence-electron chi connectivity index (χ0n) is 15.3. The maximum atomic E-state index is 12.9. The lowest BCUT2D eigenvalue weighted by Gasteiger charge is -2.35. The van der Waals surface area contributed by atoms with Crippen LogP contribution in [0.25, 0.3) is 0 Å². The van der Waals surface area contributed by atoms with Crippen LogP contribution in [0.3, 0.4) is 0 Å². The molecule has 2 aliphatic rings. The van der Waals surface area contributed by atoms with Gasteiger partial charge in [0, 0.05) is 45.8 Å². The molecule has 0 atom stereocenters. The van der Waals surface area contributed by atoms with Crippen molar-refractivity contribution < 1.29 is 31.1 Å². The topological polar surface area (TPSA) is 66.9 Å². The summed E-state index contributed by atoms with van der Waals surface area (Å²) in [7, 11) is -4.04. The predicted molar refractivity (Wildman–Crippen MR) is 94.9 cm³/mol. The number of carbonyl (C=O) groups excluding carboxylic acids is 1. The molecule has 0 spiro atoms. The van der Waals surface area contributed by atoms with Crippen molar-refractivity contribution in [3.05, 3.63) is 29.8 Å². The molecule has 2 saturated heterocycles. The molecule has 3 rings (SSSR count). The fourth-order valence-corrected chi connectivity index (χ4v) is 4.95. The molecule has 0 N–H and O–H groups in total. The number of hydrogen-bond acceptors (Lipinski definition) is 4. The Labute approximate surface area is 162 Å². The first-order valence-corrected chi connectivity index (χ1v) is 10.6. The molecule has 0 aliphatic carbocycles. The number of piperazine rings is 1. The van der Waals surface area contributed by atoms with Crippen LogP contribution in [0.5, 0.6) is 0 Å². The summed E-state index contributed by atoms with van der Waals surface area (Å²) >= 11 is 0. The van der Waals surface area contributed by atoms with Crippen LogP contribution in [0.1, 0.15) is 24.8 Å².